The highest BCUT2D eigenvalue weighted by atomic mass is 15.1. The Labute approximate surface area is 109 Å². The highest BCUT2D eigenvalue weighted by Crippen LogP contribution is 2.40. The van der Waals surface area contributed by atoms with Gasteiger partial charge in [-0.3, -0.25) is 0 Å². The Kier molecular flexibility index (Phi) is 2.44. The van der Waals surface area contributed by atoms with Gasteiger partial charge in [-0.15, -0.1) is 0 Å². The molecule has 0 saturated carbocycles. The molecule has 0 amide bonds. The number of fused-ring (bicyclic) bond motifs is 3. The maximum absolute atomic E-state index is 2.35. The van der Waals surface area contributed by atoms with Crippen LogP contribution in [0, 0.1) is 13.8 Å². The van der Waals surface area contributed by atoms with Gasteiger partial charge in [0.15, 0.2) is 0 Å². The highest BCUT2D eigenvalue weighted by Gasteiger charge is 2.20. The van der Waals surface area contributed by atoms with Crippen molar-refractivity contribution in [2.75, 3.05) is 19.0 Å². The third kappa shape index (κ3) is 1.62. The van der Waals surface area contributed by atoms with Gasteiger partial charge in [0.2, 0.25) is 0 Å². The molecular weight excluding hydrogens is 218 g/mol. The van der Waals surface area contributed by atoms with Gasteiger partial charge in [-0.05, 0) is 54.2 Å². The van der Waals surface area contributed by atoms with E-state index in [-0.39, 0.29) is 0 Å². The minimum atomic E-state index is 1.08. The molecule has 1 aliphatic rings. The summed E-state index contributed by atoms with van der Waals surface area (Å²) in [6, 6.07) is 11.5. The van der Waals surface area contributed by atoms with Gasteiger partial charge in [0.25, 0.3) is 0 Å². The molecular formula is C17H19N. The van der Waals surface area contributed by atoms with Crippen LogP contribution in [0.15, 0.2) is 30.3 Å². The summed E-state index contributed by atoms with van der Waals surface area (Å²) in [4.78, 5) is 2.20. The van der Waals surface area contributed by atoms with Gasteiger partial charge in [-0.2, -0.15) is 0 Å². The maximum atomic E-state index is 2.35. The number of aryl methyl sites for hydroxylation is 2. The molecule has 0 saturated heterocycles. The lowest BCUT2D eigenvalue weighted by atomic mass is 10.0. The molecule has 0 aliphatic heterocycles. The number of rotatable bonds is 1. The van der Waals surface area contributed by atoms with E-state index in [1.807, 2.05) is 0 Å². The SMILES string of the molecule is Cc1ccc2c(c1)Cc1cc(C)c(N(C)C)cc1-2. The molecule has 0 spiro atoms. The zero-order valence-corrected chi connectivity index (χ0v) is 11.5. The van der Waals surface area contributed by atoms with E-state index in [9.17, 15) is 0 Å². The molecule has 1 nitrogen and oxygen atoms in total. The quantitative estimate of drug-likeness (QED) is 0.619. The van der Waals surface area contributed by atoms with Crippen LogP contribution in [0.4, 0.5) is 5.69 Å². The Morgan fingerprint density at radius 3 is 2.33 bits per heavy atom. The smallest absolute Gasteiger partial charge is 0.0397 e. The van der Waals surface area contributed by atoms with E-state index in [4.69, 9.17) is 0 Å². The van der Waals surface area contributed by atoms with E-state index in [1.165, 1.54) is 39.1 Å². The Hall–Kier alpha value is -1.76. The second-order valence-electron chi connectivity index (χ2n) is 5.53. The summed E-state index contributed by atoms with van der Waals surface area (Å²) in [5.74, 6) is 0. The number of hydrogen-bond acceptors (Lipinski definition) is 1. The monoisotopic (exact) mass is 237 g/mol. The van der Waals surface area contributed by atoms with Crippen LogP contribution in [0.1, 0.15) is 22.3 Å². The van der Waals surface area contributed by atoms with E-state index in [0.717, 1.165) is 6.42 Å². The van der Waals surface area contributed by atoms with Crippen molar-refractivity contribution in [3.8, 4) is 11.1 Å². The normalized spacial score (nSPS) is 12.2. The summed E-state index contributed by atoms with van der Waals surface area (Å²) >= 11 is 0. The Balaban J connectivity index is 2.20. The average molecular weight is 237 g/mol. The van der Waals surface area contributed by atoms with Crippen molar-refractivity contribution in [1.82, 2.24) is 0 Å². The fourth-order valence-electron chi connectivity index (χ4n) is 2.97. The second-order valence-corrected chi connectivity index (χ2v) is 5.53. The van der Waals surface area contributed by atoms with Crippen LogP contribution in [0.2, 0.25) is 0 Å². The van der Waals surface area contributed by atoms with Gasteiger partial charge < -0.3 is 4.90 Å². The predicted molar refractivity (Wildman–Crippen MR) is 78.5 cm³/mol. The van der Waals surface area contributed by atoms with Crippen LogP contribution >= 0.6 is 0 Å². The summed E-state index contributed by atoms with van der Waals surface area (Å²) in [6.45, 7) is 4.36. The molecule has 3 rings (SSSR count). The first kappa shape index (κ1) is 11.3. The van der Waals surface area contributed by atoms with Gasteiger partial charge in [-0.1, -0.05) is 29.8 Å². The Bertz CT molecular complexity index is 624. The maximum Gasteiger partial charge on any atom is 0.0397 e. The first-order valence-electron chi connectivity index (χ1n) is 6.47. The largest absolute Gasteiger partial charge is 0.377 e. The Morgan fingerprint density at radius 1 is 0.889 bits per heavy atom. The van der Waals surface area contributed by atoms with Crippen molar-refractivity contribution in [2.45, 2.75) is 20.3 Å². The molecule has 0 atom stereocenters. The van der Waals surface area contributed by atoms with Gasteiger partial charge in [0, 0.05) is 19.8 Å². The van der Waals surface area contributed by atoms with Crippen LogP contribution in [0.25, 0.3) is 11.1 Å². The summed E-state index contributed by atoms with van der Waals surface area (Å²) in [7, 11) is 4.22. The number of hydrogen-bond donors (Lipinski definition) is 0. The van der Waals surface area contributed by atoms with Crippen molar-refractivity contribution < 1.29 is 0 Å². The fraction of sp³-hybridized carbons (Fsp3) is 0.294. The number of nitrogens with zero attached hydrogens (tertiary/aromatic N) is 1. The first-order chi connectivity index (χ1) is 8.56. The van der Waals surface area contributed by atoms with Crippen LogP contribution in [0.3, 0.4) is 0 Å². The lowest BCUT2D eigenvalue weighted by Crippen LogP contribution is -2.10. The zero-order valence-electron chi connectivity index (χ0n) is 11.5. The number of anilines is 1. The zero-order chi connectivity index (χ0) is 12.9. The number of benzene rings is 2. The van der Waals surface area contributed by atoms with Gasteiger partial charge in [-0.25, -0.2) is 0 Å². The van der Waals surface area contributed by atoms with Crippen molar-refractivity contribution in [1.29, 1.82) is 0 Å². The first-order valence-corrected chi connectivity index (χ1v) is 6.47. The van der Waals surface area contributed by atoms with Gasteiger partial charge in [0.05, 0.1) is 0 Å². The van der Waals surface area contributed by atoms with Gasteiger partial charge >= 0.3 is 0 Å². The molecule has 0 aromatic heterocycles. The minimum absolute atomic E-state index is 1.08. The molecule has 0 fully saturated rings. The summed E-state index contributed by atoms with van der Waals surface area (Å²) < 4.78 is 0. The molecule has 0 radical (unpaired) electrons. The average Bonchev–Trinajstić information content (AvgIpc) is 2.63. The van der Waals surface area contributed by atoms with E-state index < -0.39 is 0 Å². The van der Waals surface area contributed by atoms with Crippen LogP contribution in [0.5, 0.6) is 0 Å². The molecule has 2 aromatic rings. The van der Waals surface area contributed by atoms with E-state index in [2.05, 4.69) is 63.2 Å². The molecule has 0 N–H and O–H groups in total. The summed E-state index contributed by atoms with van der Waals surface area (Å²) in [6.07, 6.45) is 1.08. The standard InChI is InChI=1S/C17H19N/c1-11-5-6-15-13(7-11)9-14-8-12(2)17(18(3)4)10-16(14)15/h5-8,10H,9H2,1-4H3. The van der Waals surface area contributed by atoms with Crippen LogP contribution < -0.4 is 4.90 Å². The molecule has 18 heavy (non-hydrogen) atoms. The molecule has 0 unspecified atom stereocenters. The lowest BCUT2D eigenvalue weighted by molar-refractivity contribution is 1.11. The second kappa shape index (κ2) is 3.88. The summed E-state index contributed by atoms with van der Waals surface area (Å²) in [5.41, 5.74) is 9.81. The topological polar surface area (TPSA) is 3.24 Å². The van der Waals surface area contributed by atoms with Crippen molar-refractivity contribution in [3.05, 3.63) is 52.6 Å². The third-order valence-electron chi connectivity index (χ3n) is 3.84. The molecule has 0 bridgehead atoms. The van der Waals surface area contributed by atoms with Crippen molar-refractivity contribution in [2.24, 2.45) is 0 Å². The molecule has 1 heteroatoms. The third-order valence-corrected chi connectivity index (χ3v) is 3.84. The van der Waals surface area contributed by atoms with E-state index >= 15 is 0 Å². The lowest BCUT2D eigenvalue weighted by Gasteiger charge is -2.17. The highest BCUT2D eigenvalue weighted by molar-refractivity contribution is 5.81. The molecule has 2 aromatic carbocycles. The van der Waals surface area contributed by atoms with Crippen molar-refractivity contribution in [3.63, 3.8) is 0 Å². The predicted octanol–water partition coefficient (Wildman–Crippen LogP) is 3.94. The minimum Gasteiger partial charge on any atom is -0.377 e. The fourth-order valence-corrected chi connectivity index (χ4v) is 2.97. The van der Waals surface area contributed by atoms with E-state index in [1.54, 1.807) is 0 Å². The van der Waals surface area contributed by atoms with Crippen LogP contribution in [-0.4, -0.2) is 14.1 Å². The molecule has 0 heterocycles. The van der Waals surface area contributed by atoms with Gasteiger partial charge in [0.1, 0.15) is 0 Å². The molecule has 92 valence electrons. The van der Waals surface area contributed by atoms with Crippen LogP contribution in [-0.2, 0) is 6.42 Å². The van der Waals surface area contributed by atoms with Crippen molar-refractivity contribution >= 4 is 5.69 Å². The Morgan fingerprint density at radius 2 is 1.61 bits per heavy atom. The molecule has 1 aliphatic carbocycles. The summed E-state index contributed by atoms with van der Waals surface area (Å²) in [5, 5.41) is 0. The van der Waals surface area contributed by atoms with E-state index in [0.29, 0.717) is 0 Å².